The molecule has 1 spiro atoms. The van der Waals surface area contributed by atoms with Crippen molar-refractivity contribution >= 4 is 23.2 Å². The van der Waals surface area contributed by atoms with Gasteiger partial charge in [-0.1, -0.05) is 23.7 Å². The molecule has 29 heavy (non-hydrogen) atoms. The van der Waals surface area contributed by atoms with E-state index in [0.717, 1.165) is 48.9 Å². The van der Waals surface area contributed by atoms with Gasteiger partial charge in [0.15, 0.2) is 0 Å². The predicted molar refractivity (Wildman–Crippen MR) is 115 cm³/mol. The van der Waals surface area contributed by atoms with Crippen molar-refractivity contribution in [3.63, 3.8) is 0 Å². The van der Waals surface area contributed by atoms with Gasteiger partial charge >= 0.3 is 0 Å². The zero-order valence-electron chi connectivity index (χ0n) is 17.0. The number of fused-ring (bicyclic) bond motifs is 2. The molecule has 0 aliphatic carbocycles. The number of rotatable bonds is 5. The summed E-state index contributed by atoms with van der Waals surface area (Å²) in [5.74, 6) is 0.850. The van der Waals surface area contributed by atoms with E-state index in [1.807, 2.05) is 35.2 Å². The maximum absolute atomic E-state index is 12.7. The van der Waals surface area contributed by atoms with Gasteiger partial charge in [0.25, 0.3) is 5.91 Å². The molecule has 0 unspecified atom stereocenters. The quantitative estimate of drug-likeness (QED) is 0.744. The van der Waals surface area contributed by atoms with Gasteiger partial charge in [-0.15, -0.1) is 0 Å². The number of benzene rings is 2. The van der Waals surface area contributed by atoms with Crippen LogP contribution in [-0.4, -0.2) is 51.3 Å². The lowest BCUT2D eigenvalue weighted by Crippen LogP contribution is -2.46. The molecule has 2 aromatic rings. The second kappa shape index (κ2) is 8.34. The Balaban J connectivity index is 1.54. The van der Waals surface area contributed by atoms with Crippen molar-refractivity contribution in [2.45, 2.75) is 24.8 Å². The lowest BCUT2D eigenvalue weighted by atomic mass is 9.74. The summed E-state index contributed by atoms with van der Waals surface area (Å²) in [4.78, 5) is 17.0. The third kappa shape index (κ3) is 4.00. The van der Waals surface area contributed by atoms with Crippen molar-refractivity contribution in [1.29, 1.82) is 0 Å². The number of piperidine rings is 1. The van der Waals surface area contributed by atoms with E-state index in [-0.39, 0.29) is 17.9 Å². The molecule has 0 radical (unpaired) electrons. The van der Waals surface area contributed by atoms with E-state index < -0.39 is 0 Å². The molecule has 2 heterocycles. The van der Waals surface area contributed by atoms with E-state index in [2.05, 4.69) is 17.0 Å². The minimum atomic E-state index is -0.0297. The summed E-state index contributed by atoms with van der Waals surface area (Å²) in [7, 11) is 3.25. The van der Waals surface area contributed by atoms with Gasteiger partial charge in [-0.05, 0) is 67.4 Å². The fourth-order valence-electron chi connectivity index (χ4n) is 4.66. The number of hydrogen-bond acceptors (Lipinski definition) is 4. The average molecular weight is 415 g/mol. The molecule has 2 aromatic carbocycles. The largest absolute Gasteiger partial charge is 0.497 e. The molecule has 0 atom stereocenters. The Labute approximate surface area is 177 Å². The van der Waals surface area contributed by atoms with Crippen molar-refractivity contribution < 1.29 is 14.3 Å². The Morgan fingerprint density at radius 2 is 1.93 bits per heavy atom. The second-order valence-corrected chi connectivity index (χ2v) is 8.42. The first kappa shape index (κ1) is 20.2. The minimum Gasteiger partial charge on any atom is -0.497 e. The van der Waals surface area contributed by atoms with Crippen LogP contribution in [0.4, 0.5) is 5.69 Å². The highest BCUT2D eigenvalue weighted by molar-refractivity contribution is 6.30. The molecular formula is C23H27ClN2O3. The van der Waals surface area contributed by atoms with Crippen LogP contribution in [-0.2, 0) is 21.5 Å². The number of carbonyl (C=O) groups is 1. The zero-order valence-corrected chi connectivity index (χ0v) is 17.7. The molecule has 5 nitrogen and oxygen atoms in total. The van der Waals surface area contributed by atoms with Crippen LogP contribution in [0.1, 0.15) is 24.0 Å². The highest BCUT2D eigenvalue weighted by atomic mass is 35.5. The third-order valence-electron chi connectivity index (χ3n) is 6.20. The van der Waals surface area contributed by atoms with Crippen LogP contribution in [0.15, 0.2) is 42.5 Å². The number of methoxy groups -OCH3 is 2. The van der Waals surface area contributed by atoms with E-state index in [4.69, 9.17) is 21.1 Å². The molecule has 4 rings (SSSR count). The standard InChI is InChI=1S/C23H27ClN2O3/c1-28-15-22(27)26-16-23(20-13-19(29-2)6-7-21(20)26)8-10-25(11-9-23)14-17-4-3-5-18(24)12-17/h3-7,12-13H,8-11,14-16H2,1-2H3. The monoisotopic (exact) mass is 414 g/mol. The van der Waals surface area contributed by atoms with Gasteiger partial charge in [0.05, 0.1) is 7.11 Å². The number of hydrogen-bond donors (Lipinski definition) is 0. The van der Waals surface area contributed by atoms with Crippen molar-refractivity contribution in [1.82, 2.24) is 4.90 Å². The van der Waals surface area contributed by atoms with E-state index in [1.54, 1.807) is 14.2 Å². The third-order valence-corrected chi connectivity index (χ3v) is 6.44. The van der Waals surface area contributed by atoms with Crippen LogP contribution in [0.3, 0.4) is 0 Å². The van der Waals surface area contributed by atoms with Gasteiger partial charge < -0.3 is 14.4 Å². The maximum Gasteiger partial charge on any atom is 0.252 e. The van der Waals surface area contributed by atoms with Crippen LogP contribution >= 0.6 is 11.6 Å². The highest BCUT2D eigenvalue weighted by Crippen LogP contribution is 2.48. The predicted octanol–water partition coefficient (Wildman–Crippen LogP) is 3.88. The van der Waals surface area contributed by atoms with Gasteiger partial charge in [-0.2, -0.15) is 0 Å². The Bertz CT molecular complexity index is 893. The summed E-state index contributed by atoms with van der Waals surface area (Å²) in [6, 6.07) is 14.1. The summed E-state index contributed by atoms with van der Waals surface area (Å²) < 4.78 is 10.6. The van der Waals surface area contributed by atoms with Crippen molar-refractivity contribution in [2.75, 3.05) is 45.4 Å². The van der Waals surface area contributed by atoms with Gasteiger partial charge in [-0.3, -0.25) is 9.69 Å². The number of nitrogens with zero attached hydrogens (tertiary/aromatic N) is 2. The smallest absolute Gasteiger partial charge is 0.252 e. The Kier molecular flexibility index (Phi) is 5.81. The van der Waals surface area contributed by atoms with E-state index >= 15 is 0 Å². The second-order valence-electron chi connectivity index (χ2n) is 7.98. The minimum absolute atomic E-state index is 0.0112. The molecule has 1 saturated heterocycles. The molecule has 0 N–H and O–H groups in total. The number of anilines is 1. The molecule has 0 aromatic heterocycles. The van der Waals surface area contributed by atoms with Gasteiger partial charge in [-0.25, -0.2) is 0 Å². The number of likely N-dealkylation sites (tertiary alicyclic amines) is 1. The SMILES string of the molecule is COCC(=O)N1CC2(CCN(Cc3cccc(Cl)c3)CC2)c2cc(OC)ccc21. The average Bonchev–Trinajstić information content (AvgIpc) is 3.04. The normalized spacial score (nSPS) is 18.1. The highest BCUT2D eigenvalue weighted by Gasteiger charge is 2.46. The van der Waals surface area contributed by atoms with Crippen LogP contribution in [0.5, 0.6) is 5.75 Å². The maximum atomic E-state index is 12.7. The summed E-state index contributed by atoms with van der Waals surface area (Å²) in [6.07, 6.45) is 2.01. The van der Waals surface area contributed by atoms with Crippen LogP contribution in [0.25, 0.3) is 0 Å². The first-order chi connectivity index (χ1) is 14.0. The molecule has 1 fully saturated rings. The zero-order chi connectivity index (χ0) is 20.4. The van der Waals surface area contributed by atoms with Gasteiger partial charge in [0.1, 0.15) is 12.4 Å². The summed E-state index contributed by atoms with van der Waals surface area (Å²) >= 11 is 6.14. The number of amides is 1. The molecular weight excluding hydrogens is 388 g/mol. The van der Waals surface area contributed by atoms with Gasteiger partial charge in [0, 0.05) is 36.3 Å². The molecule has 1 amide bonds. The molecule has 0 saturated carbocycles. The lowest BCUT2D eigenvalue weighted by Gasteiger charge is -2.40. The number of ether oxygens (including phenoxy) is 2. The Morgan fingerprint density at radius 3 is 2.62 bits per heavy atom. The van der Waals surface area contributed by atoms with E-state index in [0.29, 0.717) is 6.54 Å². The Hall–Kier alpha value is -2.08. The summed E-state index contributed by atoms with van der Waals surface area (Å²) in [5, 5.41) is 0.778. The van der Waals surface area contributed by atoms with Crippen molar-refractivity contribution in [2.24, 2.45) is 0 Å². The molecule has 6 heteroatoms. The van der Waals surface area contributed by atoms with Crippen molar-refractivity contribution in [3.05, 3.63) is 58.6 Å². The molecule has 0 bridgehead atoms. The van der Waals surface area contributed by atoms with Gasteiger partial charge in [0.2, 0.25) is 0 Å². The molecule has 2 aliphatic rings. The van der Waals surface area contributed by atoms with E-state index in [1.165, 1.54) is 11.1 Å². The summed E-state index contributed by atoms with van der Waals surface area (Å²) in [5.41, 5.74) is 3.43. The first-order valence-corrected chi connectivity index (χ1v) is 10.4. The fourth-order valence-corrected chi connectivity index (χ4v) is 4.87. The van der Waals surface area contributed by atoms with Crippen LogP contribution < -0.4 is 9.64 Å². The number of carbonyl (C=O) groups excluding carboxylic acids is 1. The molecule has 154 valence electrons. The van der Waals surface area contributed by atoms with Crippen LogP contribution in [0.2, 0.25) is 5.02 Å². The first-order valence-electron chi connectivity index (χ1n) is 9.99. The fraction of sp³-hybridized carbons (Fsp3) is 0.435. The van der Waals surface area contributed by atoms with Crippen molar-refractivity contribution in [3.8, 4) is 5.75 Å². The topological polar surface area (TPSA) is 42.0 Å². The van der Waals surface area contributed by atoms with E-state index in [9.17, 15) is 4.79 Å². The summed E-state index contributed by atoms with van der Waals surface area (Å²) in [6.45, 7) is 3.67. The number of halogens is 1. The van der Waals surface area contributed by atoms with Crippen LogP contribution in [0, 0.1) is 0 Å². The Morgan fingerprint density at radius 1 is 1.14 bits per heavy atom. The lowest BCUT2D eigenvalue weighted by molar-refractivity contribution is -0.122. The molecule has 2 aliphatic heterocycles.